The van der Waals surface area contributed by atoms with Crippen LogP contribution in [0.3, 0.4) is 0 Å². The molecule has 0 bridgehead atoms. The third-order valence-corrected chi connectivity index (χ3v) is 2.68. The van der Waals surface area contributed by atoms with Crippen molar-refractivity contribution in [3.05, 3.63) is 23.8 Å². The van der Waals surface area contributed by atoms with Crippen molar-refractivity contribution in [3.63, 3.8) is 0 Å². The lowest BCUT2D eigenvalue weighted by Crippen LogP contribution is -2.25. The molecule has 1 aliphatic rings. The lowest BCUT2D eigenvalue weighted by Gasteiger charge is -2.16. The number of amides is 1. The molecule has 1 amide bonds. The standard InChI is InChI=1S/C11H14N2O2/c1-7-2-3-8(4-10(7)12)13-6-9(14)5-11(13)15/h2-4,9,14H,5-6,12H2,1H3. The maximum atomic E-state index is 11.5. The highest BCUT2D eigenvalue weighted by Crippen LogP contribution is 2.25. The van der Waals surface area contributed by atoms with Crippen LogP contribution in [0.1, 0.15) is 12.0 Å². The average Bonchev–Trinajstić information content (AvgIpc) is 2.50. The lowest BCUT2D eigenvalue weighted by atomic mass is 10.2. The van der Waals surface area contributed by atoms with Gasteiger partial charge in [-0.3, -0.25) is 4.79 Å². The first-order chi connectivity index (χ1) is 7.08. The lowest BCUT2D eigenvalue weighted by molar-refractivity contribution is -0.117. The predicted octanol–water partition coefficient (Wildman–Crippen LogP) is 0.675. The maximum absolute atomic E-state index is 11.5. The zero-order valence-electron chi connectivity index (χ0n) is 8.60. The van der Waals surface area contributed by atoms with Crippen molar-refractivity contribution in [2.45, 2.75) is 19.4 Å². The zero-order chi connectivity index (χ0) is 11.0. The van der Waals surface area contributed by atoms with E-state index in [1.165, 1.54) is 0 Å². The Morgan fingerprint density at radius 2 is 2.27 bits per heavy atom. The Labute approximate surface area is 88.3 Å². The van der Waals surface area contributed by atoms with Crippen LogP contribution < -0.4 is 10.6 Å². The topological polar surface area (TPSA) is 66.6 Å². The number of β-amino-alcohol motifs (C(OH)–C–C–N with tert-alkyl or cyclic N) is 1. The first kappa shape index (κ1) is 9.98. The average molecular weight is 206 g/mol. The van der Waals surface area contributed by atoms with Crippen LogP contribution >= 0.6 is 0 Å². The molecule has 1 fully saturated rings. The SMILES string of the molecule is Cc1ccc(N2CC(O)CC2=O)cc1N. The quantitative estimate of drug-likeness (QED) is 0.664. The number of nitrogens with two attached hydrogens (primary N) is 1. The Balaban J connectivity index is 2.30. The number of hydrogen-bond acceptors (Lipinski definition) is 3. The number of aliphatic hydroxyl groups excluding tert-OH is 1. The number of aliphatic hydroxyl groups is 1. The van der Waals surface area contributed by atoms with E-state index in [4.69, 9.17) is 5.73 Å². The molecule has 1 heterocycles. The molecule has 1 aromatic carbocycles. The van der Waals surface area contributed by atoms with Gasteiger partial charge in [-0.25, -0.2) is 0 Å². The fraction of sp³-hybridized carbons (Fsp3) is 0.364. The number of aryl methyl sites for hydroxylation is 1. The summed E-state index contributed by atoms with van der Waals surface area (Å²) in [5.74, 6) is -0.0502. The fourth-order valence-corrected chi connectivity index (χ4v) is 1.73. The third-order valence-electron chi connectivity index (χ3n) is 2.68. The minimum atomic E-state index is -0.556. The maximum Gasteiger partial charge on any atom is 0.229 e. The first-order valence-corrected chi connectivity index (χ1v) is 4.92. The summed E-state index contributed by atoms with van der Waals surface area (Å²) in [7, 11) is 0. The van der Waals surface area contributed by atoms with Crippen molar-refractivity contribution in [1.29, 1.82) is 0 Å². The van der Waals surface area contributed by atoms with Crippen LogP contribution in [0.5, 0.6) is 0 Å². The van der Waals surface area contributed by atoms with E-state index in [1.807, 2.05) is 19.1 Å². The molecule has 4 nitrogen and oxygen atoms in total. The van der Waals surface area contributed by atoms with Crippen LogP contribution in [-0.4, -0.2) is 23.7 Å². The summed E-state index contributed by atoms with van der Waals surface area (Å²) < 4.78 is 0. The summed E-state index contributed by atoms with van der Waals surface area (Å²) in [4.78, 5) is 13.1. The Kier molecular flexibility index (Phi) is 2.36. The van der Waals surface area contributed by atoms with Gasteiger partial charge in [-0.1, -0.05) is 6.07 Å². The van der Waals surface area contributed by atoms with Gasteiger partial charge in [0.1, 0.15) is 0 Å². The van der Waals surface area contributed by atoms with Gasteiger partial charge < -0.3 is 15.7 Å². The molecule has 0 aliphatic carbocycles. The minimum absolute atomic E-state index is 0.0502. The van der Waals surface area contributed by atoms with Crippen molar-refractivity contribution in [1.82, 2.24) is 0 Å². The molecule has 1 unspecified atom stereocenters. The van der Waals surface area contributed by atoms with Gasteiger partial charge in [0, 0.05) is 11.4 Å². The highest BCUT2D eigenvalue weighted by Gasteiger charge is 2.29. The number of rotatable bonds is 1. The van der Waals surface area contributed by atoms with Crippen LogP contribution in [0.4, 0.5) is 11.4 Å². The van der Waals surface area contributed by atoms with Crippen molar-refractivity contribution in [2.75, 3.05) is 17.2 Å². The van der Waals surface area contributed by atoms with E-state index in [-0.39, 0.29) is 12.3 Å². The Bertz CT molecular complexity index is 404. The van der Waals surface area contributed by atoms with E-state index in [0.717, 1.165) is 11.3 Å². The van der Waals surface area contributed by atoms with E-state index < -0.39 is 6.10 Å². The van der Waals surface area contributed by atoms with Gasteiger partial charge in [-0.05, 0) is 24.6 Å². The number of nitrogen functional groups attached to an aromatic ring is 1. The van der Waals surface area contributed by atoms with E-state index in [0.29, 0.717) is 12.2 Å². The van der Waals surface area contributed by atoms with Gasteiger partial charge >= 0.3 is 0 Å². The second-order valence-electron chi connectivity index (χ2n) is 3.90. The second-order valence-corrected chi connectivity index (χ2v) is 3.90. The number of hydrogen-bond donors (Lipinski definition) is 2. The Morgan fingerprint density at radius 1 is 1.53 bits per heavy atom. The molecule has 0 saturated carbocycles. The molecule has 4 heteroatoms. The molecule has 1 aromatic rings. The molecule has 2 rings (SSSR count). The van der Waals surface area contributed by atoms with Gasteiger partial charge in [0.25, 0.3) is 0 Å². The van der Waals surface area contributed by atoms with Crippen LogP contribution in [0.2, 0.25) is 0 Å². The minimum Gasteiger partial charge on any atom is -0.398 e. The summed E-state index contributed by atoms with van der Waals surface area (Å²) in [6, 6.07) is 5.50. The van der Waals surface area contributed by atoms with E-state index in [1.54, 1.807) is 11.0 Å². The normalized spacial score (nSPS) is 21.1. The molecule has 0 aromatic heterocycles. The van der Waals surface area contributed by atoms with Crippen LogP contribution in [0.15, 0.2) is 18.2 Å². The summed E-state index contributed by atoms with van der Waals surface area (Å²) in [6.07, 6.45) is -0.353. The van der Waals surface area contributed by atoms with Crippen LogP contribution in [-0.2, 0) is 4.79 Å². The molecule has 1 atom stereocenters. The van der Waals surface area contributed by atoms with Crippen LogP contribution in [0, 0.1) is 6.92 Å². The largest absolute Gasteiger partial charge is 0.398 e. The highest BCUT2D eigenvalue weighted by atomic mass is 16.3. The van der Waals surface area contributed by atoms with Gasteiger partial charge in [0.2, 0.25) is 5.91 Å². The van der Waals surface area contributed by atoms with Crippen molar-refractivity contribution < 1.29 is 9.90 Å². The van der Waals surface area contributed by atoms with Gasteiger partial charge in [-0.2, -0.15) is 0 Å². The zero-order valence-corrected chi connectivity index (χ0v) is 8.60. The number of nitrogens with zero attached hydrogens (tertiary/aromatic N) is 1. The van der Waals surface area contributed by atoms with Gasteiger partial charge in [0.15, 0.2) is 0 Å². The molecule has 0 radical (unpaired) electrons. The Hall–Kier alpha value is -1.55. The van der Waals surface area contributed by atoms with E-state index in [9.17, 15) is 9.90 Å². The van der Waals surface area contributed by atoms with E-state index >= 15 is 0 Å². The first-order valence-electron chi connectivity index (χ1n) is 4.92. The smallest absolute Gasteiger partial charge is 0.229 e. The van der Waals surface area contributed by atoms with Crippen molar-refractivity contribution in [3.8, 4) is 0 Å². The summed E-state index contributed by atoms with van der Waals surface area (Å²) in [6.45, 7) is 2.28. The van der Waals surface area contributed by atoms with Crippen molar-refractivity contribution >= 4 is 17.3 Å². The molecule has 80 valence electrons. The molecule has 3 N–H and O–H groups in total. The number of carbonyl (C=O) groups excluding carboxylic acids is 1. The van der Waals surface area contributed by atoms with Gasteiger partial charge in [0.05, 0.1) is 19.1 Å². The summed E-state index contributed by atoms with van der Waals surface area (Å²) in [5, 5.41) is 9.36. The van der Waals surface area contributed by atoms with Gasteiger partial charge in [-0.15, -0.1) is 0 Å². The molecular formula is C11H14N2O2. The number of anilines is 2. The van der Waals surface area contributed by atoms with E-state index in [2.05, 4.69) is 0 Å². The summed E-state index contributed by atoms with van der Waals surface area (Å²) in [5.41, 5.74) is 8.19. The predicted molar refractivity (Wildman–Crippen MR) is 58.6 cm³/mol. The number of carbonyl (C=O) groups is 1. The Morgan fingerprint density at radius 3 is 2.80 bits per heavy atom. The monoisotopic (exact) mass is 206 g/mol. The molecule has 1 saturated heterocycles. The van der Waals surface area contributed by atoms with Crippen LogP contribution in [0.25, 0.3) is 0 Å². The fourth-order valence-electron chi connectivity index (χ4n) is 1.73. The third kappa shape index (κ3) is 1.80. The second kappa shape index (κ2) is 3.55. The van der Waals surface area contributed by atoms with Crippen molar-refractivity contribution in [2.24, 2.45) is 0 Å². The molecular weight excluding hydrogens is 192 g/mol. The molecule has 15 heavy (non-hydrogen) atoms. The molecule has 1 aliphatic heterocycles. The highest BCUT2D eigenvalue weighted by molar-refractivity contribution is 5.96. The molecule has 0 spiro atoms. The summed E-state index contributed by atoms with van der Waals surface area (Å²) >= 11 is 0. The number of benzene rings is 1.